The van der Waals surface area contributed by atoms with Gasteiger partial charge in [0.2, 0.25) is 0 Å². The number of likely N-dealkylation sites (tertiary alicyclic amines) is 1. The van der Waals surface area contributed by atoms with Crippen molar-refractivity contribution in [1.82, 2.24) is 15.2 Å². The lowest BCUT2D eigenvalue weighted by Gasteiger charge is -2.30. The van der Waals surface area contributed by atoms with Crippen molar-refractivity contribution in [2.75, 3.05) is 25.9 Å². The third-order valence-electron chi connectivity index (χ3n) is 3.06. The summed E-state index contributed by atoms with van der Waals surface area (Å²) in [6, 6.07) is 1.85. The van der Waals surface area contributed by atoms with Crippen LogP contribution in [-0.4, -0.2) is 42.0 Å². The summed E-state index contributed by atoms with van der Waals surface area (Å²) in [5.41, 5.74) is 6.68. The van der Waals surface area contributed by atoms with Crippen LogP contribution in [-0.2, 0) is 0 Å². The van der Waals surface area contributed by atoms with E-state index in [1.54, 1.807) is 12.3 Å². The smallest absolute Gasteiger partial charge is 0.255 e. The van der Waals surface area contributed by atoms with Gasteiger partial charge in [0.25, 0.3) is 5.91 Å². The average Bonchev–Trinajstić information content (AvgIpc) is 2.29. The predicted octanol–water partition coefficient (Wildman–Crippen LogP) is 0.488. The minimum atomic E-state index is -0.129. The summed E-state index contributed by atoms with van der Waals surface area (Å²) in [5, 5.41) is 3.01. The lowest BCUT2D eigenvalue weighted by atomic mass is 10.1. The first-order chi connectivity index (χ1) is 8.16. The first kappa shape index (κ1) is 11.9. The van der Waals surface area contributed by atoms with E-state index in [0.717, 1.165) is 25.9 Å². The number of aromatic nitrogens is 1. The second-order valence-corrected chi connectivity index (χ2v) is 4.54. The fourth-order valence-electron chi connectivity index (χ4n) is 2.14. The number of likely N-dealkylation sites (N-methyl/N-ethyl adjacent to an activating group) is 1. The molecule has 1 amide bonds. The average molecular weight is 234 g/mol. The number of hydrogen-bond donors (Lipinski definition) is 2. The molecule has 1 aliphatic heterocycles. The number of rotatable bonds is 2. The van der Waals surface area contributed by atoms with E-state index in [9.17, 15) is 4.79 Å². The van der Waals surface area contributed by atoms with Crippen LogP contribution in [0.2, 0.25) is 0 Å². The van der Waals surface area contributed by atoms with Crippen molar-refractivity contribution >= 4 is 11.6 Å². The number of nitrogens with one attached hydrogen (secondary N) is 1. The topological polar surface area (TPSA) is 71.2 Å². The van der Waals surface area contributed by atoms with Gasteiger partial charge in [0.1, 0.15) is 0 Å². The maximum Gasteiger partial charge on any atom is 0.255 e. The van der Waals surface area contributed by atoms with Crippen molar-refractivity contribution < 1.29 is 4.79 Å². The first-order valence-electron chi connectivity index (χ1n) is 5.85. The first-order valence-corrected chi connectivity index (χ1v) is 5.85. The lowest BCUT2D eigenvalue weighted by molar-refractivity contribution is 0.0913. The summed E-state index contributed by atoms with van der Waals surface area (Å²) in [6.07, 6.45) is 5.23. The summed E-state index contributed by atoms with van der Waals surface area (Å²) in [6.45, 7) is 1.99. The summed E-state index contributed by atoms with van der Waals surface area (Å²) < 4.78 is 0. The second-order valence-electron chi connectivity index (χ2n) is 4.54. The van der Waals surface area contributed by atoms with Crippen LogP contribution in [0, 0.1) is 0 Å². The number of pyridine rings is 1. The zero-order chi connectivity index (χ0) is 12.3. The predicted molar refractivity (Wildman–Crippen MR) is 66.6 cm³/mol. The van der Waals surface area contributed by atoms with E-state index in [1.807, 2.05) is 0 Å². The molecule has 1 saturated heterocycles. The standard InChI is InChI=1S/C12H18N4O/c1-16-6-2-3-9(8-16)15-12(17)10-7-14-5-4-11(10)13/h4-5,7,9H,2-3,6,8H2,1H3,(H2,13,14)(H,15,17). The molecule has 92 valence electrons. The van der Waals surface area contributed by atoms with Gasteiger partial charge in [-0.25, -0.2) is 0 Å². The molecular formula is C12H18N4O. The SMILES string of the molecule is CN1CCCC(NC(=O)c2cnccc2N)C1. The molecule has 2 rings (SSSR count). The molecule has 0 spiro atoms. The Morgan fingerprint density at radius 3 is 3.18 bits per heavy atom. The highest BCUT2D eigenvalue weighted by atomic mass is 16.1. The Morgan fingerprint density at radius 2 is 2.47 bits per heavy atom. The van der Waals surface area contributed by atoms with Gasteiger partial charge < -0.3 is 16.0 Å². The number of hydrogen-bond acceptors (Lipinski definition) is 4. The van der Waals surface area contributed by atoms with E-state index in [0.29, 0.717) is 11.3 Å². The molecular weight excluding hydrogens is 216 g/mol. The summed E-state index contributed by atoms with van der Waals surface area (Å²) in [4.78, 5) is 18.1. The van der Waals surface area contributed by atoms with Crippen molar-refractivity contribution in [3.63, 3.8) is 0 Å². The minimum Gasteiger partial charge on any atom is -0.398 e. The number of anilines is 1. The Bertz CT molecular complexity index is 407. The Balaban J connectivity index is 1.99. The van der Waals surface area contributed by atoms with Gasteiger partial charge >= 0.3 is 0 Å². The lowest BCUT2D eigenvalue weighted by Crippen LogP contribution is -2.46. The third kappa shape index (κ3) is 2.94. The second kappa shape index (κ2) is 5.14. The minimum absolute atomic E-state index is 0.129. The van der Waals surface area contributed by atoms with Crippen LogP contribution in [0.5, 0.6) is 0 Å². The Kier molecular flexibility index (Phi) is 3.58. The highest BCUT2D eigenvalue weighted by Gasteiger charge is 2.20. The molecule has 0 radical (unpaired) electrons. The number of amides is 1. The molecule has 3 N–H and O–H groups in total. The van der Waals surface area contributed by atoms with Gasteiger partial charge in [0.05, 0.1) is 5.56 Å². The van der Waals surface area contributed by atoms with E-state index >= 15 is 0 Å². The number of nitrogens with two attached hydrogens (primary N) is 1. The molecule has 0 aromatic carbocycles. The van der Waals surface area contributed by atoms with Gasteiger partial charge in [-0.15, -0.1) is 0 Å². The van der Waals surface area contributed by atoms with Crippen LogP contribution in [0.3, 0.4) is 0 Å². The molecule has 17 heavy (non-hydrogen) atoms. The number of nitrogen functional groups attached to an aromatic ring is 1. The normalized spacial score (nSPS) is 21.1. The number of carbonyl (C=O) groups is 1. The molecule has 0 aliphatic carbocycles. The van der Waals surface area contributed by atoms with Gasteiger partial charge in [-0.1, -0.05) is 0 Å². The van der Waals surface area contributed by atoms with Crippen LogP contribution in [0.4, 0.5) is 5.69 Å². The van der Waals surface area contributed by atoms with Crippen molar-refractivity contribution in [3.05, 3.63) is 24.0 Å². The fraction of sp³-hybridized carbons (Fsp3) is 0.500. The molecule has 5 heteroatoms. The van der Waals surface area contributed by atoms with Crippen LogP contribution in [0.15, 0.2) is 18.5 Å². The molecule has 1 atom stereocenters. The van der Waals surface area contributed by atoms with Gasteiger partial charge in [-0.3, -0.25) is 9.78 Å². The van der Waals surface area contributed by atoms with E-state index in [4.69, 9.17) is 5.73 Å². The molecule has 1 unspecified atom stereocenters. The van der Waals surface area contributed by atoms with Crippen molar-refractivity contribution in [1.29, 1.82) is 0 Å². The largest absolute Gasteiger partial charge is 0.398 e. The van der Waals surface area contributed by atoms with Gasteiger partial charge in [0, 0.05) is 30.7 Å². The molecule has 0 saturated carbocycles. The van der Waals surface area contributed by atoms with Crippen LogP contribution in [0.25, 0.3) is 0 Å². The zero-order valence-electron chi connectivity index (χ0n) is 10.0. The number of carbonyl (C=O) groups excluding carboxylic acids is 1. The molecule has 5 nitrogen and oxygen atoms in total. The van der Waals surface area contributed by atoms with Gasteiger partial charge in [-0.05, 0) is 32.5 Å². The van der Waals surface area contributed by atoms with E-state index in [1.165, 1.54) is 6.20 Å². The number of nitrogens with zero attached hydrogens (tertiary/aromatic N) is 2. The summed E-state index contributed by atoms with van der Waals surface area (Å²) in [5.74, 6) is -0.129. The van der Waals surface area contributed by atoms with Gasteiger partial charge in [0.15, 0.2) is 0 Å². The van der Waals surface area contributed by atoms with Crippen LogP contribution >= 0.6 is 0 Å². The van der Waals surface area contributed by atoms with Gasteiger partial charge in [-0.2, -0.15) is 0 Å². The Morgan fingerprint density at radius 1 is 1.65 bits per heavy atom. The van der Waals surface area contributed by atoms with Crippen molar-refractivity contribution in [2.24, 2.45) is 0 Å². The van der Waals surface area contributed by atoms with Crippen LogP contribution < -0.4 is 11.1 Å². The van der Waals surface area contributed by atoms with Crippen molar-refractivity contribution in [3.8, 4) is 0 Å². The van der Waals surface area contributed by atoms with E-state index < -0.39 is 0 Å². The molecule has 0 bridgehead atoms. The molecule has 1 aromatic heterocycles. The molecule has 1 fully saturated rings. The third-order valence-corrected chi connectivity index (χ3v) is 3.06. The highest BCUT2D eigenvalue weighted by Crippen LogP contribution is 2.12. The number of piperidine rings is 1. The molecule has 1 aliphatic rings. The van der Waals surface area contributed by atoms with Crippen LogP contribution in [0.1, 0.15) is 23.2 Å². The molecule has 2 heterocycles. The Hall–Kier alpha value is -1.62. The summed E-state index contributed by atoms with van der Waals surface area (Å²) in [7, 11) is 2.07. The monoisotopic (exact) mass is 234 g/mol. The van der Waals surface area contributed by atoms with Crippen molar-refractivity contribution in [2.45, 2.75) is 18.9 Å². The molecule has 1 aromatic rings. The highest BCUT2D eigenvalue weighted by molar-refractivity contribution is 5.98. The zero-order valence-corrected chi connectivity index (χ0v) is 10.0. The quantitative estimate of drug-likeness (QED) is 0.781. The van der Waals surface area contributed by atoms with E-state index in [2.05, 4.69) is 22.2 Å². The Labute approximate surface area is 101 Å². The summed E-state index contributed by atoms with van der Waals surface area (Å²) >= 11 is 0. The maximum atomic E-state index is 12.0. The maximum absolute atomic E-state index is 12.0. The van der Waals surface area contributed by atoms with E-state index in [-0.39, 0.29) is 11.9 Å². The fourth-order valence-corrected chi connectivity index (χ4v) is 2.14.